The molecule has 2 heterocycles. The van der Waals surface area contributed by atoms with Gasteiger partial charge in [-0.05, 0) is 43.2 Å². The first kappa shape index (κ1) is 19.0. The number of halogens is 2. The number of carbonyl (C=O) groups excluding carboxylic acids is 1. The van der Waals surface area contributed by atoms with Gasteiger partial charge in [0.15, 0.2) is 5.16 Å². The summed E-state index contributed by atoms with van der Waals surface area (Å²) in [6, 6.07) is 11.1. The van der Waals surface area contributed by atoms with Gasteiger partial charge in [-0.15, -0.1) is 0 Å². The number of carbonyl (C=O) groups is 1. The first-order valence-electron chi connectivity index (χ1n) is 8.96. The standard InChI is InChI=1S/C20H17ClFN3O2S/c21-14-11-12(8-9-15(14)22)25-19(27)13-5-1-2-6-16(13)24-20(25)28-17-7-3-4-10-23-18(17)26/h1-2,5-6,8-9,11,17H,3-4,7,10H2,(H,23,26). The minimum atomic E-state index is -0.565. The molecule has 1 amide bonds. The molecule has 0 bridgehead atoms. The van der Waals surface area contributed by atoms with E-state index in [0.717, 1.165) is 12.8 Å². The Morgan fingerprint density at radius 2 is 2.00 bits per heavy atom. The Balaban J connectivity index is 1.89. The van der Waals surface area contributed by atoms with Crippen molar-refractivity contribution in [2.75, 3.05) is 6.54 Å². The van der Waals surface area contributed by atoms with Crippen molar-refractivity contribution in [3.63, 3.8) is 0 Å². The van der Waals surface area contributed by atoms with Crippen molar-refractivity contribution in [3.8, 4) is 5.69 Å². The molecule has 1 saturated heterocycles. The molecule has 1 N–H and O–H groups in total. The zero-order chi connectivity index (χ0) is 19.7. The number of fused-ring (bicyclic) bond motifs is 1. The number of thioether (sulfide) groups is 1. The number of para-hydroxylation sites is 1. The molecular weight excluding hydrogens is 401 g/mol. The third-order valence-electron chi connectivity index (χ3n) is 4.64. The maximum absolute atomic E-state index is 13.6. The van der Waals surface area contributed by atoms with E-state index < -0.39 is 5.82 Å². The second-order valence-electron chi connectivity index (χ2n) is 6.54. The molecule has 0 saturated carbocycles. The van der Waals surface area contributed by atoms with Crippen molar-refractivity contribution in [1.82, 2.24) is 14.9 Å². The lowest BCUT2D eigenvalue weighted by Crippen LogP contribution is -2.31. The van der Waals surface area contributed by atoms with E-state index in [1.54, 1.807) is 24.3 Å². The van der Waals surface area contributed by atoms with Gasteiger partial charge in [-0.3, -0.25) is 14.2 Å². The molecule has 4 rings (SSSR count). The van der Waals surface area contributed by atoms with E-state index in [1.807, 2.05) is 0 Å². The van der Waals surface area contributed by atoms with Gasteiger partial charge in [0.2, 0.25) is 5.91 Å². The van der Waals surface area contributed by atoms with Gasteiger partial charge in [0.1, 0.15) is 5.82 Å². The Morgan fingerprint density at radius 3 is 2.82 bits per heavy atom. The third kappa shape index (κ3) is 3.64. The maximum atomic E-state index is 13.6. The fourth-order valence-corrected chi connectivity index (χ4v) is 4.54. The van der Waals surface area contributed by atoms with Crippen LogP contribution in [0.5, 0.6) is 0 Å². The van der Waals surface area contributed by atoms with Gasteiger partial charge in [0, 0.05) is 6.54 Å². The van der Waals surface area contributed by atoms with E-state index in [2.05, 4.69) is 10.3 Å². The predicted molar refractivity (Wildman–Crippen MR) is 109 cm³/mol. The number of hydrogen-bond acceptors (Lipinski definition) is 4. The number of aromatic nitrogens is 2. The van der Waals surface area contributed by atoms with E-state index in [1.165, 1.54) is 34.5 Å². The first-order valence-corrected chi connectivity index (χ1v) is 10.2. The number of hydrogen-bond donors (Lipinski definition) is 1. The van der Waals surface area contributed by atoms with Crippen molar-refractivity contribution < 1.29 is 9.18 Å². The SMILES string of the molecule is O=C1NCCCCC1Sc1nc2ccccc2c(=O)n1-c1ccc(F)c(Cl)c1. The average molecular weight is 418 g/mol. The summed E-state index contributed by atoms with van der Waals surface area (Å²) >= 11 is 7.19. The molecule has 1 fully saturated rings. The lowest BCUT2D eigenvalue weighted by Gasteiger charge is -2.17. The largest absolute Gasteiger partial charge is 0.355 e. The molecule has 3 aromatic rings. The molecule has 1 atom stereocenters. The summed E-state index contributed by atoms with van der Waals surface area (Å²) < 4.78 is 15.0. The molecule has 1 aliphatic heterocycles. The molecule has 2 aromatic carbocycles. The quantitative estimate of drug-likeness (QED) is 0.655. The number of benzene rings is 2. The zero-order valence-electron chi connectivity index (χ0n) is 14.8. The van der Waals surface area contributed by atoms with Crippen molar-refractivity contribution in [1.29, 1.82) is 0 Å². The molecule has 28 heavy (non-hydrogen) atoms. The summed E-state index contributed by atoms with van der Waals surface area (Å²) in [7, 11) is 0. The molecule has 0 aliphatic carbocycles. The van der Waals surface area contributed by atoms with Crippen LogP contribution in [-0.4, -0.2) is 27.3 Å². The number of nitrogens with one attached hydrogen (secondary N) is 1. The maximum Gasteiger partial charge on any atom is 0.266 e. The Labute approximate surface area is 169 Å². The summed E-state index contributed by atoms with van der Waals surface area (Å²) in [6.45, 7) is 0.654. The Kier molecular flexibility index (Phi) is 5.37. The van der Waals surface area contributed by atoms with Gasteiger partial charge in [0.25, 0.3) is 5.56 Å². The van der Waals surface area contributed by atoms with Crippen LogP contribution in [0.25, 0.3) is 16.6 Å². The zero-order valence-corrected chi connectivity index (χ0v) is 16.4. The van der Waals surface area contributed by atoms with Gasteiger partial charge >= 0.3 is 0 Å². The van der Waals surface area contributed by atoms with Crippen molar-refractivity contribution in [2.45, 2.75) is 29.7 Å². The van der Waals surface area contributed by atoms with Crippen LogP contribution in [0.15, 0.2) is 52.4 Å². The van der Waals surface area contributed by atoms with Crippen molar-refractivity contribution in [2.24, 2.45) is 0 Å². The molecule has 8 heteroatoms. The summed E-state index contributed by atoms with van der Waals surface area (Å²) in [4.78, 5) is 30.2. The highest BCUT2D eigenvalue weighted by Crippen LogP contribution is 2.30. The van der Waals surface area contributed by atoms with E-state index in [-0.39, 0.29) is 21.7 Å². The van der Waals surface area contributed by atoms with Crippen LogP contribution in [0.4, 0.5) is 4.39 Å². The molecule has 1 unspecified atom stereocenters. The van der Waals surface area contributed by atoms with Crippen LogP contribution in [0.3, 0.4) is 0 Å². The number of nitrogens with zero attached hydrogens (tertiary/aromatic N) is 2. The van der Waals surface area contributed by atoms with E-state index in [0.29, 0.717) is 34.7 Å². The van der Waals surface area contributed by atoms with Crippen LogP contribution in [0.2, 0.25) is 5.02 Å². The summed E-state index contributed by atoms with van der Waals surface area (Å²) in [6.07, 6.45) is 2.54. The van der Waals surface area contributed by atoms with Gasteiger partial charge in [0.05, 0.1) is 26.9 Å². The van der Waals surface area contributed by atoms with Crippen LogP contribution < -0.4 is 10.9 Å². The molecule has 1 aromatic heterocycles. The number of amides is 1. The molecule has 1 aliphatic rings. The molecule has 0 radical (unpaired) electrons. The highest BCUT2D eigenvalue weighted by atomic mass is 35.5. The monoisotopic (exact) mass is 417 g/mol. The van der Waals surface area contributed by atoms with Crippen LogP contribution in [0.1, 0.15) is 19.3 Å². The lowest BCUT2D eigenvalue weighted by atomic mass is 10.2. The van der Waals surface area contributed by atoms with E-state index in [4.69, 9.17) is 11.6 Å². The van der Waals surface area contributed by atoms with Crippen molar-refractivity contribution in [3.05, 3.63) is 63.7 Å². The fourth-order valence-electron chi connectivity index (χ4n) is 3.19. The normalized spacial score (nSPS) is 17.4. The highest BCUT2D eigenvalue weighted by molar-refractivity contribution is 8.00. The van der Waals surface area contributed by atoms with E-state index in [9.17, 15) is 14.0 Å². The van der Waals surface area contributed by atoms with Gasteiger partial charge in [-0.25, -0.2) is 9.37 Å². The molecule has 5 nitrogen and oxygen atoms in total. The fraction of sp³-hybridized carbons (Fsp3) is 0.250. The summed E-state index contributed by atoms with van der Waals surface area (Å²) in [5.74, 6) is -0.627. The molecular formula is C20H17ClFN3O2S. The first-order chi connectivity index (χ1) is 13.5. The Hall–Kier alpha value is -2.38. The highest BCUT2D eigenvalue weighted by Gasteiger charge is 2.25. The van der Waals surface area contributed by atoms with Gasteiger partial charge in [-0.1, -0.05) is 41.9 Å². The topological polar surface area (TPSA) is 64.0 Å². The smallest absolute Gasteiger partial charge is 0.266 e. The molecule has 144 valence electrons. The van der Waals surface area contributed by atoms with Crippen LogP contribution in [-0.2, 0) is 4.79 Å². The van der Waals surface area contributed by atoms with Crippen LogP contribution in [0, 0.1) is 5.82 Å². The van der Waals surface area contributed by atoms with Gasteiger partial charge in [-0.2, -0.15) is 0 Å². The second-order valence-corrected chi connectivity index (χ2v) is 8.12. The predicted octanol–water partition coefficient (Wildman–Crippen LogP) is 3.94. The summed E-state index contributed by atoms with van der Waals surface area (Å²) in [5.41, 5.74) is 0.671. The minimum Gasteiger partial charge on any atom is -0.355 e. The Morgan fingerprint density at radius 1 is 1.18 bits per heavy atom. The second kappa shape index (κ2) is 7.93. The Bertz CT molecular complexity index is 1120. The molecule has 0 spiro atoms. The average Bonchev–Trinajstić information content (AvgIpc) is 2.89. The van der Waals surface area contributed by atoms with Gasteiger partial charge < -0.3 is 5.32 Å². The summed E-state index contributed by atoms with van der Waals surface area (Å²) in [5, 5.41) is 3.29. The number of rotatable bonds is 3. The minimum absolute atomic E-state index is 0.0615. The lowest BCUT2D eigenvalue weighted by molar-refractivity contribution is -0.120. The van der Waals surface area contributed by atoms with Crippen LogP contribution >= 0.6 is 23.4 Å². The van der Waals surface area contributed by atoms with E-state index >= 15 is 0 Å². The van der Waals surface area contributed by atoms with Crippen molar-refractivity contribution >= 4 is 40.2 Å². The third-order valence-corrected chi connectivity index (χ3v) is 6.15.